The molecule has 2 N–H and O–H groups in total. The van der Waals surface area contributed by atoms with E-state index in [4.69, 9.17) is 21.1 Å². The van der Waals surface area contributed by atoms with Crippen molar-refractivity contribution >= 4 is 17.6 Å². The Morgan fingerprint density at radius 3 is 3.12 bits per heavy atom. The summed E-state index contributed by atoms with van der Waals surface area (Å²) in [5, 5.41) is 7.63. The van der Waals surface area contributed by atoms with Gasteiger partial charge in [-0.25, -0.2) is 0 Å². The molecule has 3 atom stereocenters. The Kier molecular flexibility index (Phi) is 6.96. The summed E-state index contributed by atoms with van der Waals surface area (Å²) in [4.78, 5) is 4.30. The molecular formula is C19H28ClN3O2. The number of nitrogens with zero attached hydrogens (tertiary/aromatic N) is 1. The van der Waals surface area contributed by atoms with E-state index in [2.05, 4.69) is 27.8 Å². The van der Waals surface area contributed by atoms with Crippen LogP contribution in [0.1, 0.15) is 37.2 Å². The lowest BCUT2D eigenvalue weighted by atomic mass is 10.1. The van der Waals surface area contributed by atoms with Crippen molar-refractivity contribution in [3.63, 3.8) is 0 Å². The zero-order chi connectivity index (χ0) is 17.5. The van der Waals surface area contributed by atoms with Crippen LogP contribution in [0.5, 0.6) is 0 Å². The molecule has 1 saturated carbocycles. The normalized spacial score (nSPS) is 25.8. The Labute approximate surface area is 155 Å². The summed E-state index contributed by atoms with van der Waals surface area (Å²) in [6.45, 7) is 3.20. The zero-order valence-corrected chi connectivity index (χ0v) is 15.6. The molecule has 1 aliphatic heterocycles. The summed E-state index contributed by atoms with van der Waals surface area (Å²) in [6.07, 6.45) is 4.67. The highest BCUT2D eigenvalue weighted by Crippen LogP contribution is 2.41. The Hall–Kier alpha value is -1.30. The van der Waals surface area contributed by atoms with Gasteiger partial charge in [0.1, 0.15) is 0 Å². The molecular weight excluding hydrogens is 338 g/mol. The summed E-state index contributed by atoms with van der Waals surface area (Å²) < 4.78 is 11.2. The minimum Gasteiger partial charge on any atom is -0.379 e. The SMILES string of the molecule is CN=C(NCCCOCC1CCCO1)NC1CC1c1cccc(Cl)c1. The molecule has 1 heterocycles. The number of guanidine groups is 1. The largest absolute Gasteiger partial charge is 0.379 e. The molecule has 1 saturated heterocycles. The maximum absolute atomic E-state index is 6.07. The summed E-state index contributed by atoms with van der Waals surface area (Å²) in [6, 6.07) is 8.55. The first-order chi connectivity index (χ1) is 12.3. The van der Waals surface area contributed by atoms with Gasteiger partial charge >= 0.3 is 0 Å². The van der Waals surface area contributed by atoms with Crippen LogP contribution < -0.4 is 10.6 Å². The fourth-order valence-corrected chi connectivity index (χ4v) is 3.40. The summed E-state index contributed by atoms with van der Waals surface area (Å²) in [7, 11) is 1.81. The van der Waals surface area contributed by atoms with Gasteiger partial charge in [-0.2, -0.15) is 0 Å². The topological polar surface area (TPSA) is 54.9 Å². The molecule has 25 heavy (non-hydrogen) atoms. The number of halogens is 1. The molecule has 5 nitrogen and oxygen atoms in total. The molecule has 0 radical (unpaired) electrons. The third-order valence-electron chi connectivity index (χ3n) is 4.70. The molecule has 0 amide bonds. The fraction of sp³-hybridized carbons (Fsp3) is 0.632. The maximum Gasteiger partial charge on any atom is 0.191 e. The lowest BCUT2D eigenvalue weighted by Gasteiger charge is -2.13. The maximum atomic E-state index is 6.07. The fourth-order valence-electron chi connectivity index (χ4n) is 3.20. The highest BCUT2D eigenvalue weighted by molar-refractivity contribution is 6.30. The van der Waals surface area contributed by atoms with Crippen LogP contribution in [0.2, 0.25) is 5.02 Å². The Morgan fingerprint density at radius 1 is 1.44 bits per heavy atom. The van der Waals surface area contributed by atoms with Crippen LogP contribution in [0, 0.1) is 0 Å². The molecule has 0 spiro atoms. The molecule has 0 aromatic heterocycles. The van der Waals surface area contributed by atoms with Gasteiger partial charge in [0, 0.05) is 43.8 Å². The van der Waals surface area contributed by atoms with Crippen LogP contribution in [0.3, 0.4) is 0 Å². The first-order valence-corrected chi connectivity index (χ1v) is 9.56. The molecule has 3 unspecified atom stereocenters. The van der Waals surface area contributed by atoms with E-state index in [0.29, 0.717) is 18.1 Å². The molecule has 6 heteroatoms. The number of ether oxygens (including phenoxy) is 2. The molecule has 1 aromatic carbocycles. The van der Waals surface area contributed by atoms with Gasteiger partial charge in [-0.3, -0.25) is 4.99 Å². The van der Waals surface area contributed by atoms with Crippen LogP contribution in [0.15, 0.2) is 29.3 Å². The lowest BCUT2D eigenvalue weighted by molar-refractivity contribution is 0.0168. The van der Waals surface area contributed by atoms with E-state index in [1.807, 2.05) is 12.1 Å². The van der Waals surface area contributed by atoms with E-state index >= 15 is 0 Å². The third kappa shape index (κ3) is 5.87. The second-order valence-electron chi connectivity index (χ2n) is 6.71. The molecule has 0 bridgehead atoms. The molecule has 138 valence electrons. The van der Waals surface area contributed by atoms with Gasteiger partial charge in [0.05, 0.1) is 12.7 Å². The Morgan fingerprint density at radius 2 is 2.36 bits per heavy atom. The first-order valence-electron chi connectivity index (χ1n) is 9.18. The van der Waals surface area contributed by atoms with Crippen molar-refractivity contribution in [3.8, 4) is 0 Å². The Balaban J connectivity index is 1.28. The average molecular weight is 366 g/mol. The van der Waals surface area contributed by atoms with E-state index < -0.39 is 0 Å². The number of hydrogen-bond acceptors (Lipinski definition) is 3. The van der Waals surface area contributed by atoms with Gasteiger partial charge in [0.25, 0.3) is 0 Å². The predicted molar refractivity (Wildman–Crippen MR) is 102 cm³/mol. The highest BCUT2D eigenvalue weighted by Gasteiger charge is 2.39. The van der Waals surface area contributed by atoms with Crippen LogP contribution in [-0.4, -0.2) is 51.5 Å². The van der Waals surface area contributed by atoms with E-state index in [9.17, 15) is 0 Å². The van der Waals surface area contributed by atoms with Crippen LogP contribution in [-0.2, 0) is 9.47 Å². The number of aliphatic imine (C=N–C) groups is 1. The molecule has 1 aromatic rings. The van der Waals surface area contributed by atoms with Gasteiger partial charge in [-0.05, 0) is 43.4 Å². The van der Waals surface area contributed by atoms with Crippen molar-refractivity contribution in [3.05, 3.63) is 34.9 Å². The van der Waals surface area contributed by atoms with Crippen LogP contribution in [0.25, 0.3) is 0 Å². The van der Waals surface area contributed by atoms with Gasteiger partial charge in [0.15, 0.2) is 5.96 Å². The van der Waals surface area contributed by atoms with Crippen molar-refractivity contribution in [2.24, 2.45) is 4.99 Å². The van der Waals surface area contributed by atoms with E-state index in [0.717, 1.165) is 63.0 Å². The van der Waals surface area contributed by atoms with Crippen molar-refractivity contribution in [2.75, 3.05) is 33.4 Å². The molecule has 3 rings (SSSR count). The Bertz CT molecular complexity index is 576. The average Bonchev–Trinajstić information content (AvgIpc) is 3.19. The minimum absolute atomic E-state index is 0.306. The third-order valence-corrected chi connectivity index (χ3v) is 4.93. The first kappa shape index (κ1) is 18.5. The van der Waals surface area contributed by atoms with Crippen molar-refractivity contribution < 1.29 is 9.47 Å². The lowest BCUT2D eigenvalue weighted by Crippen LogP contribution is -2.39. The number of rotatable bonds is 8. The van der Waals surface area contributed by atoms with Crippen molar-refractivity contribution in [2.45, 2.75) is 43.7 Å². The quantitative estimate of drug-likeness (QED) is 0.422. The highest BCUT2D eigenvalue weighted by atomic mass is 35.5. The summed E-state index contributed by atoms with van der Waals surface area (Å²) in [5.41, 5.74) is 1.29. The standard InChI is InChI=1S/C19H28ClN3O2/c1-21-19(22-8-4-9-24-13-16-7-3-10-25-16)23-18-12-17(18)14-5-2-6-15(20)11-14/h2,5-6,11,16-18H,3-4,7-10,12-13H2,1H3,(H2,21,22,23). The minimum atomic E-state index is 0.306. The second kappa shape index (κ2) is 9.41. The summed E-state index contributed by atoms with van der Waals surface area (Å²) >= 11 is 6.07. The second-order valence-corrected chi connectivity index (χ2v) is 7.15. The number of benzene rings is 1. The number of hydrogen-bond donors (Lipinski definition) is 2. The van der Waals surface area contributed by atoms with Crippen molar-refractivity contribution in [1.29, 1.82) is 0 Å². The zero-order valence-electron chi connectivity index (χ0n) is 14.8. The van der Waals surface area contributed by atoms with E-state index in [1.165, 1.54) is 5.56 Å². The van der Waals surface area contributed by atoms with Gasteiger partial charge in [-0.1, -0.05) is 23.7 Å². The van der Waals surface area contributed by atoms with Crippen molar-refractivity contribution in [1.82, 2.24) is 10.6 Å². The van der Waals surface area contributed by atoms with Crippen LogP contribution >= 0.6 is 11.6 Å². The molecule has 2 aliphatic rings. The van der Waals surface area contributed by atoms with Gasteiger partial charge in [-0.15, -0.1) is 0 Å². The number of nitrogens with one attached hydrogen (secondary N) is 2. The summed E-state index contributed by atoms with van der Waals surface area (Å²) in [5.74, 6) is 1.38. The molecule has 1 aliphatic carbocycles. The molecule has 2 fully saturated rings. The van der Waals surface area contributed by atoms with Gasteiger partial charge in [0.2, 0.25) is 0 Å². The van der Waals surface area contributed by atoms with Crippen LogP contribution in [0.4, 0.5) is 0 Å². The van der Waals surface area contributed by atoms with Gasteiger partial charge < -0.3 is 20.1 Å². The van der Waals surface area contributed by atoms with E-state index in [-0.39, 0.29) is 0 Å². The smallest absolute Gasteiger partial charge is 0.191 e. The monoisotopic (exact) mass is 365 g/mol. The predicted octanol–water partition coefficient (Wildman–Crippen LogP) is 2.95. The van der Waals surface area contributed by atoms with E-state index in [1.54, 1.807) is 7.05 Å².